The number of phosphoric acid groups is 2. The topological polar surface area (TPSA) is 237 Å². The maximum atomic E-state index is 12.9. The van der Waals surface area contributed by atoms with Crippen molar-refractivity contribution in [2.75, 3.05) is 39.6 Å². The largest absolute Gasteiger partial charge is 0.472 e. The first-order chi connectivity index (χ1) is 34.7. The molecule has 5 atom stereocenters. The minimum absolute atomic E-state index is 0.100. The lowest BCUT2D eigenvalue weighted by molar-refractivity contribution is -0.161. The Balaban J connectivity index is 5.20. The van der Waals surface area contributed by atoms with Crippen LogP contribution in [0, 0.1) is 17.8 Å². The van der Waals surface area contributed by atoms with E-state index in [-0.39, 0.29) is 25.7 Å². The van der Waals surface area contributed by atoms with E-state index in [1.807, 2.05) is 0 Å². The predicted molar refractivity (Wildman–Crippen MR) is 284 cm³/mol. The van der Waals surface area contributed by atoms with Gasteiger partial charge in [0.25, 0.3) is 0 Å². The highest BCUT2D eigenvalue weighted by Crippen LogP contribution is 2.45. The molecule has 0 amide bonds. The van der Waals surface area contributed by atoms with Gasteiger partial charge in [0.1, 0.15) is 19.3 Å². The molecule has 0 bridgehead atoms. The van der Waals surface area contributed by atoms with Crippen LogP contribution in [0.2, 0.25) is 0 Å². The molecular weight excluding hydrogens is 983 g/mol. The van der Waals surface area contributed by atoms with E-state index in [0.717, 1.165) is 103 Å². The van der Waals surface area contributed by atoms with Gasteiger partial charge in [0.2, 0.25) is 0 Å². The number of rotatable bonds is 52. The number of hydrogen-bond acceptors (Lipinski definition) is 15. The Hall–Kier alpha value is -1.94. The zero-order valence-corrected chi connectivity index (χ0v) is 48.4. The summed E-state index contributed by atoms with van der Waals surface area (Å²) in [6, 6.07) is 0. The van der Waals surface area contributed by atoms with E-state index in [4.69, 9.17) is 37.0 Å². The normalized spacial score (nSPS) is 14.7. The molecule has 2 unspecified atom stereocenters. The van der Waals surface area contributed by atoms with E-state index in [1.165, 1.54) is 44.9 Å². The first kappa shape index (κ1) is 71.1. The van der Waals surface area contributed by atoms with Gasteiger partial charge in [0.15, 0.2) is 12.2 Å². The second-order valence-corrected chi connectivity index (χ2v) is 24.0. The average Bonchev–Trinajstić information content (AvgIpc) is 3.32. The van der Waals surface area contributed by atoms with Crippen molar-refractivity contribution in [3.63, 3.8) is 0 Å². The fraction of sp³-hybridized carbons (Fsp3) is 0.926. The number of aliphatic hydroxyl groups excluding tert-OH is 1. The molecule has 0 rings (SSSR count). The van der Waals surface area contributed by atoms with Crippen LogP contribution < -0.4 is 0 Å². The summed E-state index contributed by atoms with van der Waals surface area (Å²) >= 11 is 0. The lowest BCUT2D eigenvalue weighted by Crippen LogP contribution is -2.30. The minimum atomic E-state index is -4.93. The molecule has 0 aliphatic heterocycles. The zero-order valence-electron chi connectivity index (χ0n) is 46.6. The molecule has 3 N–H and O–H groups in total. The van der Waals surface area contributed by atoms with Gasteiger partial charge < -0.3 is 33.8 Å². The quantitative estimate of drug-likeness (QED) is 0.0222. The van der Waals surface area contributed by atoms with Gasteiger partial charge in [-0.3, -0.25) is 37.3 Å². The highest BCUT2D eigenvalue weighted by molar-refractivity contribution is 7.47. The third kappa shape index (κ3) is 49.4. The fourth-order valence-corrected chi connectivity index (χ4v) is 9.29. The van der Waals surface area contributed by atoms with E-state index < -0.39 is 97.5 Å². The van der Waals surface area contributed by atoms with Gasteiger partial charge in [-0.1, -0.05) is 196 Å². The van der Waals surface area contributed by atoms with Crippen LogP contribution in [0.15, 0.2) is 0 Å². The van der Waals surface area contributed by atoms with Crippen LogP contribution in [0.25, 0.3) is 0 Å². The van der Waals surface area contributed by atoms with E-state index in [0.29, 0.717) is 43.4 Å². The molecule has 0 spiro atoms. The van der Waals surface area contributed by atoms with Crippen LogP contribution >= 0.6 is 15.6 Å². The maximum absolute atomic E-state index is 12.9. The number of carbonyl (C=O) groups is 4. The summed E-state index contributed by atoms with van der Waals surface area (Å²) in [4.78, 5) is 71.4. The monoisotopic (exact) mass is 1090 g/mol. The molecular formula is C54H104O17P2. The Morgan fingerprint density at radius 1 is 0.370 bits per heavy atom. The van der Waals surface area contributed by atoms with Crippen molar-refractivity contribution in [1.82, 2.24) is 0 Å². The minimum Gasteiger partial charge on any atom is -0.462 e. The first-order valence-corrected chi connectivity index (χ1v) is 31.3. The Kier molecular flexibility index (Phi) is 45.0. The molecule has 0 aliphatic rings. The molecule has 73 heavy (non-hydrogen) atoms. The van der Waals surface area contributed by atoms with E-state index in [1.54, 1.807) is 0 Å². The van der Waals surface area contributed by atoms with Crippen molar-refractivity contribution < 1.29 is 80.2 Å². The summed E-state index contributed by atoms with van der Waals surface area (Å²) in [6.45, 7) is 11.4. The molecule has 0 heterocycles. The number of esters is 4. The molecule has 0 fully saturated rings. The predicted octanol–water partition coefficient (Wildman–Crippen LogP) is 13.6. The van der Waals surface area contributed by atoms with Crippen molar-refractivity contribution in [3.05, 3.63) is 0 Å². The molecule has 17 nitrogen and oxygen atoms in total. The maximum Gasteiger partial charge on any atom is 0.472 e. The fourth-order valence-electron chi connectivity index (χ4n) is 7.71. The van der Waals surface area contributed by atoms with Crippen LogP contribution in [0.3, 0.4) is 0 Å². The van der Waals surface area contributed by atoms with E-state index in [9.17, 15) is 43.2 Å². The number of phosphoric ester groups is 2. The Labute approximate surface area is 441 Å². The lowest BCUT2D eigenvalue weighted by atomic mass is 10.0. The third-order valence-corrected chi connectivity index (χ3v) is 14.0. The second kappa shape index (κ2) is 46.2. The number of aliphatic hydroxyl groups is 1. The van der Waals surface area contributed by atoms with Crippen molar-refractivity contribution >= 4 is 39.5 Å². The van der Waals surface area contributed by atoms with Crippen molar-refractivity contribution in [2.45, 2.75) is 266 Å². The van der Waals surface area contributed by atoms with Crippen molar-refractivity contribution in [1.29, 1.82) is 0 Å². The highest BCUT2D eigenvalue weighted by Gasteiger charge is 2.30. The standard InChI is InChI=1S/C54H104O17P2/c1-8-9-10-18-28-35-51(56)64-41-49(71-54(59)38-31-24-17-15-21-27-34-47(6)7)43-68-72(60,61)66-39-48(55)40-67-73(62,63)69-44-50(42-65-52(57)36-29-22-16-14-20-26-33-46(4)5)70-53(58)37-30-23-13-11-12-19-25-32-45(2)3/h45-50,55H,8-44H2,1-7H3,(H,60,61)(H,62,63)/t48-,49+,50+/m0/s1. The summed E-state index contributed by atoms with van der Waals surface area (Å²) < 4.78 is 67.3. The SMILES string of the molecule is CCCCCCCC(=O)OC[C@H](COP(=O)(O)OC[C@H](O)COP(=O)(O)OC[C@@H](COC(=O)CCCCCCCCC(C)C)OC(=O)CCCCCCCCCC(C)C)OC(=O)CCCCCCCCC(C)C. The third-order valence-electron chi connectivity index (χ3n) is 12.1. The van der Waals surface area contributed by atoms with E-state index in [2.05, 4.69) is 48.5 Å². The van der Waals surface area contributed by atoms with Crippen LogP contribution in [0.5, 0.6) is 0 Å². The number of hydrogen-bond donors (Lipinski definition) is 3. The van der Waals surface area contributed by atoms with Gasteiger partial charge in [0.05, 0.1) is 26.4 Å². The average molecular weight is 1090 g/mol. The molecule has 0 aromatic carbocycles. The van der Waals surface area contributed by atoms with Gasteiger partial charge in [-0.15, -0.1) is 0 Å². The Morgan fingerprint density at radius 3 is 0.932 bits per heavy atom. The number of unbranched alkanes of at least 4 members (excludes halogenated alkanes) is 20. The van der Waals surface area contributed by atoms with Crippen LogP contribution in [0.1, 0.15) is 248 Å². The summed E-state index contributed by atoms with van der Waals surface area (Å²) in [5.41, 5.74) is 0. The molecule has 19 heteroatoms. The smallest absolute Gasteiger partial charge is 0.462 e. The molecule has 0 aromatic rings. The van der Waals surface area contributed by atoms with Gasteiger partial charge in [-0.2, -0.15) is 0 Å². The molecule has 0 radical (unpaired) electrons. The Bertz CT molecular complexity index is 1480. The van der Waals surface area contributed by atoms with Gasteiger partial charge >= 0.3 is 39.5 Å². The van der Waals surface area contributed by atoms with Gasteiger partial charge in [-0.25, -0.2) is 9.13 Å². The van der Waals surface area contributed by atoms with Crippen LogP contribution in [0.4, 0.5) is 0 Å². The Morgan fingerprint density at radius 2 is 0.630 bits per heavy atom. The molecule has 0 saturated heterocycles. The number of carbonyl (C=O) groups excluding carboxylic acids is 4. The molecule has 432 valence electrons. The van der Waals surface area contributed by atoms with Gasteiger partial charge in [-0.05, 0) is 43.4 Å². The van der Waals surface area contributed by atoms with Crippen molar-refractivity contribution in [2.24, 2.45) is 17.8 Å². The highest BCUT2D eigenvalue weighted by atomic mass is 31.2. The van der Waals surface area contributed by atoms with Crippen LogP contribution in [-0.4, -0.2) is 96.7 Å². The summed E-state index contributed by atoms with van der Waals surface area (Å²) in [5.74, 6) is -0.124. The summed E-state index contributed by atoms with van der Waals surface area (Å²) in [6.07, 6.45) is 23.3. The molecule has 0 saturated carbocycles. The zero-order chi connectivity index (χ0) is 54.6. The molecule has 0 aliphatic carbocycles. The number of ether oxygens (including phenoxy) is 4. The lowest BCUT2D eigenvalue weighted by Gasteiger charge is -2.21. The molecule has 0 aromatic heterocycles. The second-order valence-electron chi connectivity index (χ2n) is 21.0. The van der Waals surface area contributed by atoms with Gasteiger partial charge in [0, 0.05) is 25.7 Å². The first-order valence-electron chi connectivity index (χ1n) is 28.3. The summed E-state index contributed by atoms with van der Waals surface area (Å²) in [5, 5.41) is 10.4. The summed E-state index contributed by atoms with van der Waals surface area (Å²) in [7, 11) is -9.86. The van der Waals surface area contributed by atoms with E-state index >= 15 is 0 Å². The van der Waals surface area contributed by atoms with Crippen molar-refractivity contribution in [3.8, 4) is 0 Å². The van der Waals surface area contributed by atoms with Crippen LogP contribution in [-0.2, 0) is 65.4 Å².